The minimum atomic E-state index is -1.12. The Kier molecular flexibility index (Phi) is 7.98. The number of benzene rings is 1. The highest BCUT2D eigenvalue weighted by atomic mass is 16.2. The first-order valence-corrected chi connectivity index (χ1v) is 10.7. The first-order valence-electron chi connectivity index (χ1n) is 10.7. The number of hydrogen-bond acceptors (Lipinski definition) is 6. The van der Waals surface area contributed by atoms with Crippen molar-refractivity contribution < 1.29 is 19.2 Å². The Morgan fingerprint density at radius 2 is 1.71 bits per heavy atom. The van der Waals surface area contributed by atoms with Crippen molar-refractivity contribution in [3.63, 3.8) is 0 Å². The fourth-order valence-electron chi connectivity index (χ4n) is 3.58. The van der Waals surface area contributed by atoms with E-state index in [1.165, 1.54) is 6.33 Å². The molecule has 4 amide bonds. The zero-order valence-corrected chi connectivity index (χ0v) is 18.4. The Morgan fingerprint density at radius 3 is 2.38 bits per heavy atom. The van der Waals surface area contributed by atoms with Crippen LogP contribution in [-0.2, 0) is 32.0 Å². The molecule has 2 aromatic heterocycles. The summed E-state index contributed by atoms with van der Waals surface area (Å²) in [6, 6.07) is 4.39. The Hall–Kier alpha value is -4.19. The van der Waals surface area contributed by atoms with Crippen LogP contribution in [0.4, 0.5) is 0 Å². The summed E-state index contributed by atoms with van der Waals surface area (Å²) in [6.07, 6.45) is 4.91. The van der Waals surface area contributed by atoms with Crippen molar-refractivity contribution in [1.82, 2.24) is 25.6 Å². The van der Waals surface area contributed by atoms with Gasteiger partial charge in [-0.05, 0) is 18.1 Å². The lowest BCUT2D eigenvalue weighted by atomic mass is 10.0. The van der Waals surface area contributed by atoms with E-state index in [0.717, 1.165) is 16.5 Å². The third-order valence-electron chi connectivity index (χ3n) is 5.40. The number of imidazole rings is 1. The Morgan fingerprint density at radius 1 is 0.971 bits per heavy atom. The predicted molar refractivity (Wildman–Crippen MR) is 124 cm³/mol. The highest BCUT2D eigenvalue weighted by molar-refractivity contribution is 5.94. The maximum Gasteiger partial charge on any atom is 0.243 e. The van der Waals surface area contributed by atoms with Crippen LogP contribution in [0.15, 0.2) is 43.0 Å². The van der Waals surface area contributed by atoms with Crippen molar-refractivity contribution >= 4 is 34.5 Å². The number of rotatable bonds is 12. The minimum absolute atomic E-state index is 0.0521. The molecule has 12 nitrogen and oxygen atoms in total. The van der Waals surface area contributed by atoms with Crippen LogP contribution in [0.25, 0.3) is 10.9 Å². The summed E-state index contributed by atoms with van der Waals surface area (Å²) < 4.78 is 0. The molecule has 0 saturated heterocycles. The number of nitrogens with one attached hydrogen (secondary N) is 4. The van der Waals surface area contributed by atoms with E-state index in [2.05, 4.69) is 25.6 Å². The van der Waals surface area contributed by atoms with Gasteiger partial charge in [-0.3, -0.25) is 19.2 Å². The summed E-state index contributed by atoms with van der Waals surface area (Å²) in [6.45, 7) is 0. The van der Waals surface area contributed by atoms with E-state index in [-0.39, 0.29) is 25.7 Å². The van der Waals surface area contributed by atoms with Crippen molar-refractivity contribution in [2.45, 2.75) is 43.8 Å². The lowest BCUT2D eigenvalue weighted by Crippen LogP contribution is -2.56. The highest BCUT2D eigenvalue weighted by Crippen LogP contribution is 2.19. The molecule has 3 rings (SSSR count). The van der Waals surface area contributed by atoms with Crippen molar-refractivity contribution in [3.8, 4) is 0 Å². The highest BCUT2D eigenvalue weighted by Gasteiger charge is 2.28. The van der Waals surface area contributed by atoms with E-state index < -0.39 is 41.8 Å². The summed E-state index contributed by atoms with van der Waals surface area (Å²) in [4.78, 5) is 58.7. The fourth-order valence-corrected chi connectivity index (χ4v) is 3.58. The van der Waals surface area contributed by atoms with E-state index in [1.807, 2.05) is 24.3 Å². The Bertz CT molecular complexity index is 1160. The van der Waals surface area contributed by atoms with Crippen molar-refractivity contribution in [1.29, 1.82) is 0 Å². The first kappa shape index (κ1) is 24.5. The summed E-state index contributed by atoms with van der Waals surface area (Å²) in [7, 11) is 0. The van der Waals surface area contributed by atoms with Gasteiger partial charge >= 0.3 is 0 Å². The number of carbonyl (C=O) groups excluding carboxylic acids is 4. The fraction of sp³-hybridized carbons (Fsp3) is 0.318. The molecule has 0 spiro atoms. The van der Waals surface area contributed by atoms with Gasteiger partial charge in [0.1, 0.15) is 12.1 Å². The second kappa shape index (κ2) is 11.1. The Labute approximate surface area is 195 Å². The van der Waals surface area contributed by atoms with Crippen LogP contribution in [0.1, 0.15) is 24.1 Å². The number of H-pyrrole nitrogens is 2. The average molecular weight is 469 g/mol. The number of nitrogens with zero attached hydrogens (tertiary/aromatic N) is 1. The molecule has 0 aliphatic carbocycles. The number of primary amides is 2. The van der Waals surface area contributed by atoms with Crippen LogP contribution < -0.4 is 27.8 Å². The molecule has 34 heavy (non-hydrogen) atoms. The molecule has 12 heteroatoms. The van der Waals surface area contributed by atoms with Crippen molar-refractivity contribution in [2.75, 3.05) is 0 Å². The molecule has 0 radical (unpaired) electrons. The molecule has 180 valence electrons. The average Bonchev–Trinajstić information content (AvgIpc) is 3.45. The zero-order chi connectivity index (χ0) is 24.7. The van der Waals surface area contributed by atoms with Crippen molar-refractivity contribution in [3.05, 3.63) is 54.2 Å². The molecular weight excluding hydrogens is 440 g/mol. The number of fused-ring (bicyclic) bond motifs is 1. The zero-order valence-electron chi connectivity index (χ0n) is 18.4. The standard InChI is InChI=1S/C22H28N8O4/c23-15(8-13-10-26-11-28-13)21(33)30-18(7-12-9-27-16-4-2-1-3-14(12)16)22(34)29-17(20(25)32)5-6-19(24)31/h1-4,9-11,15,17-18,27H,5-8,23H2,(H2,24,31)(H2,25,32)(H,26,28)(H,29,34)(H,30,33)/t15-,17-,18-/m0/s1. The number of nitrogens with two attached hydrogens (primary N) is 3. The molecule has 3 atom stereocenters. The lowest BCUT2D eigenvalue weighted by Gasteiger charge is -2.23. The van der Waals surface area contributed by atoms with Gasteiger partial charge in [-0.25, -0.2) is 4.98 Å². The van der Waals surface area contributed by atoms with Gasteiger partial charge in [0.05, 0.1) is 12.4 Å². The summed E-state index contributed by atoms with van der Waals surface area (Å²) >= 11 is 0. The summed E-state index contributed by atoms with van der Waals surface area (Å²) in [5.41, 5.74) is 18.9. The smallest absolute Gasteiger partial charge is 0.243 e. The predicted octanol–water partition coefficient (Wildman–Crippen LogP) is -1.28. The molecule has 0 fully saturated rings. The van der Waals surface area contributed by atoms with Gasteiger partial charge in [-0.15, -0.1) is 0 Å². The van der Waals surface area contributed by atoms with Gasteiger partial charge in [0.25, 0.3) is 0 Å². The van der Waals surface area contributed by atoms with Crippen LogP contribution in [0.5, 0.6) is 0 Å². The van der Waals surface area contributed by atoms with E-state index in [9.17, 15) is 19.2 Å². The molecule has 2 heterocycles. The van der Waals surface area contributed by atoms with E-state index in [4.69, 9.17) is 17.2 Å². The molecule has 10 N–H and O–H groups in total. The topological polar surface area (TPSA) is 215 Å². The van der Waals surface area contributed by atoms with E-state index in [1.54, 1.807) is 12.4 Å². The van der Waals surface area contributed by atoms with Crippen LogP contribution in [0.3, 0.4) is 0 Å². The molecule has 0 saturated carbocycles. The van der Waals surface area contributed by atoms with Gasteiger partial charge in [-0.1, -0.05) is 18.2 Å². The summed E-state index contributed by atoms with van der Waals surface area (Å²) in [5.74, 6) is -2.64. The van der Waals surface area contributed by atoms with Crippen LogP contribution in [0.2, 0.25) is 0 Å². The first-order chi connectivity index (χ1) is 16.2. The number of carbonyl (C=O) groups is 4. The third kappa shape index (κ3) is 6.42. The number of hydrogen-bond donors (Lipinski definition) is 7. The second-order valence-electron chi connectivity index (χ2n) is 7.98. The minimum Gasteiger partial charge on any atom is -0.370 e. The number of aromatic nitrogens is 3. The second-order valence-corrected chi connectivity index (χ2v) is 7.98. The van der Waals surface area contributed by atoms with E-state index >= 15 is 0 Å². The maximum atomic E-state index is 13.1. The lowest BCUT2D eigenvalue weighted by molar-refractivity contribution is -0.132. The monoisotopic (exact) mass is 468 g/mol. The van der Waals surface area contributed by atoms with E-state index in [0.29, 0.717) is 5.69 Å². The molecule has 0 unspecified atom stereocenters. The molecule has 0 aliphatic rings. The number of aromatic amines is 2. The van der Waals surface area contributed by atoms with Gasteiger partial charge < -0.3 is 37.8 Å². The molecule has 1 aromatic carbocycles. The quantitative estimate of drug-likeness (QED) is 0.172. The number of para-hydroxylation sites is 1. The SMILES string of the molecule is NC(=O)CC[C@H](NC(=O)[C@H](Cc1c[nH]c2ccccc12)NC(=O)[C@@H](N)Cc1cnc[nH]1)C(N)=O. The van der Waals surface area contributed by atoms with Crippen molar-refractivity contribution in [2.24, 2.45) is 17.2 Å². The van der Waals surface area contributed by atoms with Gasteiger partial charge in [0, 0.05) is 48.3 Å². The summed E-state index contributed by atoms with van der Waals surface area (Å²) in [5, 5.41) is 6.08. The molecule has 3 aromatic rings. The van der Waals surface area contributed by atoms with Crippen LogP contribution in [0, 0.1) is 0 Å². The molecule has 0 bridgehead atoms. The molecule has 0 aliphatic heterocycles. The third-order valence-corrected chi connectivity index (χ3v) is 5.40. The molecular formula is C22H28N8O4. The normalized spacial score (nSPS) is 13.7. The van der Waals surface area contributed by atoms with Gasteiger partial charge in [0.15, 0.2) is 0 Å². The van der Waals surface area contributed by atoms with Crippen LogP contribution >= 0.6 is 0 Å². The maximum absolute atomic E-state index is 13.1. The Balaban J connectivity index is 1.78. The van der Waals surface area contributed by atoms with Crippen LogP contribution in [-0.4, -0.2) is 56.7 Å². The number of amides is 4. The van der Waals surface area contributed by atoms with Gasteiger partial charge in [0.2, 0.25) is 23.6 Å². The largest absolute Gasteiger partial charge is 0.370 e. The van der Waals surface area contributed by atoms with Gasteiger partial charge in [-0.2, -0.15) is 0 Å².